The highest BCUT2D eigenvalue weighted by Gasteiger charge is 2.41. The molecule has 0 bridgehead atoms. The van der Waals surface area contributed by atoms with Crippen molar-refractivity contribution in [3.05, 3.63) is 0 Å². The quantitative estimate of drug-likeness (QED) is 0.555. The smallest absolute Gasteiger partial charge is 0.390 e. The summed E-state index contributed by atoms with van der Waals surface area (Å²) >= 11 is 0. The van der Waals surface area contributed by atoms with Gasteiger partial charge in [0.2, 0.25) is 0 Å². The predicted octanol–water partition coefficient (Wildman–Crippen LogP) is 0.290. The first-order chi connectivity index (χ1) is 3.85. The molecule has 0 aromatic heterocycles. The maximum Gasteiger partial charge on any atom is 0.416 e. The summed E-state index contributed by atoms with van der Waals surface area (Å²) in [4.78, 5) is 0. The fourth-order valence-electron chi connectivity index (χ4n) is 0.273. The lowest BCUT2D eigenvalue weighted by atomic mass is 10.2. The molecule has 0 unspecified atom stereocenters. The van der Waals surface area contributed by atoms with E-state index in [9.17, 15) is 13.2 Å². The van der Waals surface area contributed by atoms with Crippen LogP contribution in [0.2, 0.25) is 0 Å². The SMILES string of the molecule is C[C@@H](O)[C@@H](O)C(F)(F)F. The highest BCUT2D eigenvalue weighted by atomic mass is 19.4. The molecular weight excluding hydrogens is 137 g/mol. The zero-order valence-corrected chi connectivity index (χ0v) is 4.68. The third-order valence-corrected chi connectivity index (χ3v) is 0.792. The van der Waals surface area contributed by atoms with Crippen LogP contribution in [0.1, 0.15) is 6.92 Å². The molecule has 0 amide bonds. The molecule has 56 valence electrons. The zero-order chi connectivity index (χ0) is 7.65. The molecule has 0 aliphatic heterocycles. The Balaban J connectivity index is 3.88. The number of hydrogen-bond donors (Lipinski definition) is 2. The van der Waals surface area contributed by atoms with Crippen LogP contribution in [0.4, 0.5) is 13.2 Å². The predicted molar refractivity (Wildman–Crippen MR) is 23.7 cm³/mol. The zero-order valence-electron chi connectivity index (χ0n) is 4.68. The molecular formula is C4H7F3O2. The summed E-state index contributed by atoms with van der Waals surface area (Å²) in [5.41, 5.74) is 0. The molecule has 2 atom stereocenters. The first kappa shape index (κ1) is 8.71. The normalized spacial score (nSPS) is 19.3. The number of rotatable bonds is 1. The van der Waals surface area contributed by atoms with Crippen molar-refractivity contribution in [3.8, 4) is 0 Å². The average molecular weight is 144 g/mol. The van der Waals surface area contributed by atoms with Crippen molar-refractivity contribution >= 4 is 0 Å². The Morgan fingerprint density at radius 2 is 1.56 bits per heavy atom. The third kappa shape index (κ3) is 2.67. The van der Waals surface area contributed by atoms with Gasteiger partial charge in [-0.25, -0.2) is 0 Å². The Kier molecular flexibility index (Phi) is 2.45. The van der Waals surface area contributed by atoms with Gasteiger partial charge < -0.3 is 10.2 Å². The molecule has 0 rings (SSSR count). The van der Waals surface area contributed by atoms with Crippen molar-refractivity contribution in [1.29, 1.82) is 0 Å². The van der Waals surface area contributed by atoms with Gasteiger partial charge in [-0.3, -0.25) is 0 Å². The first-order valence-corrected chi connectivity index (χ1v) is 2.28. The lowest BCUT2D eigenvalue weighted by Gasteiger charge is -2.16. The summed E-state index contributed by atoms with van der Waals surface area (Å²) in [5.74, 6) is 0. The molecule has 0 aliphatic carbocycles. The minimum atomic E-state index is -4.71. The monoisotopic (exact) mass is 144 g/mol. The van der Waals surface area contributed by atoms with Crippen LogP contribution in [0.3, 0.4) is 0 Å². The number of aliphatic hydroxyl groups excluding tert-OH is 2. The topological polar surface area (TPSA) is 40.5 Å². The second-order valence-electron chi connectivity index (χ2n) is 1.73. The molecule has 0 aromatic carbocycles. The van der Waals surface area contributed by atoms with Crippen LogP contribution < -0.4 is 0 Å². The van der Waals surface area contributed by atoms with Crippen LogP contribution in [0.15, 0.2) is 0 Å². The van der Waals surface area contributed by atoms with Crippen LogP contribution in [-0.4, -0.2) is 28.6 Å². The Bertz CT molecular complexity index is 88.3. The summed E-state index contributed by atoms with van der Waals surface area (Å²) in [6.07, 6.45) is -9.10. The van der Waals surface area contributed by atoms with E-state index in [4.69, 9.17) is 10.2 Å². The molecule has 0 aromatic rings. The molecule has 0 fully saturated rings. The standard InChI is InChI=1S/C4H7F3O2/c1-2(8)3(9)4(5,6)7/h2-3,8-9H,1H3/t2-,3-/m1/s1. The van der Waals surface area contributed by atoms with E-state index in [2.05, 4.69) is 0 Å². The van der Waals surface area contributed by atoms with Crippen molar-refractivity contribution in [3.63, 3.8) is 0 Å². The Morgan fingerprint density at radius 3 is 1.56 bits per heavy atom. The summed E-state index contributed by atoms with van der Waals surface area (Å²) in [5, 5.41) is 16.3. The summed E-state index contributed by atoms with van der Waals surface area (Å²) in [7, 11) is 0. The maximum absolute atomic E-state index is 11.3. The van der Waals surface area contributed by atoms with Gasteiger partial charge in [-0.1, -0.05) is 0 Å². The minimum Gasteiger partial charge on any atom is -0.390 e. The molecule has 2 N–H and O–H groups in total. The lowest BCUT2D eigenvalue weighted by Crippen LogP contribution is -2.37. The molecule has 0 saturated carbocycles. The molecule has 0 aliphatic rings. The van der Waals surface area contributed by atoms with Crippen LogP contribution >= 0.6 is 0 Å². The van der Waals surface area contributed by atoms with Crippen LogP contribution in [0.5, 0.6) is 0 Å². The van der Waals surface area contributed by atoms with Gasteiger partial charge in [0, 0.05) is 0 Å². The Hall–Kier alpha value is -0.290. The second kappa shape index (κ2) is 2.53. The van der Waals surface area contributed by atoms with Gasteiger partial charge in [0.05, 0.1) is 6.10 Å². The number of alkyl halides is 3. The Labute approximate surface area is 49.9 Å². The largest absolute Gasteiger partial charge is 0.416 e. The molecule has 0 radical (unpaired) electrons. The first-order valence-electron chi connectivity index (χ1n) is 2.28. The summed E-state index contributed by atoms with van der Waals surface area (Å²) < 4.78 is 33.9. The van der Waals surface area contributed by atoms with Gasteiger partial charge in [0.15, 0.2) is 6.10 Å². The number of hydrogen-bond acceptors (Lipinski definition) is 2. The van der Waals surface area contributed by atoms with Crippen LogP contribution in [-0.2, 0) is 0 Å². The van der Waals surface area contributed by atoms with Crippen molar-refractivity contribution in [2.75, 3.05) is 0 Å². The summed E-state index contributed by atoms with van der Waals surface area (Å²) in [6.45, 7) is 0.873. The molecule has 0 saturated heterocycles. The van der Waals surface area contributed by atoms with Crippen molar-refractivity contribution in [2.24, 2.45) is 0 Å². The van der Waals surface area contributed by atoms with E-state index in [1.54, 1.807) is 0 Å². The van der Waals surface area contributed by atoms with Crippen molar-refractivity contribution < 1.29 is 23.4 Å². The molecule has 5 heteroatoms. The Morgan fingerprint density at radius 1 is 1.22 bits per heavy atom. The van der Waals surface area contributed by atoms with Crippen LogP contribution in [0.25, 0.3) is 0 Å². The fraction of sp³-hybridized carbons (Fsp3) is 1.00. The van der Waals surface area contributed by atoms with E-state index in [1.807, 2.05) is 0 Å². The van der Waals surface area contributed by atoms with Crippen molar-refractivity contribution in [1.82, 2.24) is 0 Å². The molecule has 0 heterocycles. The molecule has 9 heavy (non-hydrogen) atoms. The molecule has 2 nitrogen and oxygen atoms in total. The van der Waals surface area contributed by atoms with E-state index in [-0.39, 0.29) is 0 Å². The third-order valence-electron chi connectivity index (χ3n) is 0.792. The average Bonchev–Trinajstić information content (AvgIpc) is 1.62. The van der Waals surface area contributed by atoms with E-state index in [0.29, 0.717) is 0 Å². The number of aliphatic hydroxyl groups is 2. The maximum atomic E-state index is 11.3. The van der Waals surface area contributed by atoms with Gasteiger partial charge in [0.1, 0.15) is 0 Å². The highest BCUT2D eigenvalue weighted by molar-refractivity contribution is 4.69. The van der Waals surface area contributed by atoms with Crippen molar-refractivity contribution in [2.45, 2.75) is 25.3 Å². The van der Waals surface area contributed by atoms with E-state index < -0.39 is 18.4 Å². The van der Waals surface area contributed by atoms with E-state index in [0.717, 1.165) is 6.92 Å². The van der Waals surface area contributed by atoms with Gasteiger partial charge in [0.25, 0.3) is 0 Å². The highest BCUT2D eigenvalue weighted by Crippen LogP contribution is 2.21. The van der Waals surface area contributed by atoms with Gasteiger partial charge in [-0.2, -0.15) is 13.2 Å². The number of halogens is 3. The van der Waals surface area contributed by atoms with Crippen LogP contribution in [0, 0.1) is 0 Å². The fourth-order valence-corrected chi connectivity index (χ4v) is 0.273. The lowest BCUT2D eigenvalue weighted by molar-refractivity contribution is -0.227. The second-order valence-corrected chi connectivity index (χ2v) is 1.73. The van der Waals surface area contributed by atoms with E-state index >= 15 is 0 Å². The molecule has 0 spiro atoms. The van der Waals surface area contributed by atoms with Gasteiger partial charge in [-0.05, 0) is 6.92 Å². The van der Waals surface area contributed by atoms with E-state index in [1.165, 1.54) is 0 Å². The van der Waals surface area contributed by atoms with Gasteiger partial charge in [-0.15, -0.1) is 0 Å². The van der Waals surface area contributed by atoms with Gasteiger partial charge >= 0.3 is 6.18 Å². The minimum absolute atomic E-state index is 0.873. The summed E-state index contributed by atoms with van der Waals surface area (Å²) in [6, 6.07) is 0.